The van der Waals surface area contributed by atoms with Crippen molar-refractivity contribution in [1.29, 1.82) is 0 Å². The molecular formula is C26H30F3N5O4. The third kappa shape index (κ3) is 7.68. The van der Waals surface area contributed by atoms with Gasteiger partial charge in [0, 0.05) is 31.6 Å². The molecule has 204 valence electrons. The molecule has 0 saturated carbocycles. The van der Waals surface area contributed by atoms with E-state index in [2.05, 4.69) is 15.4 Å². The van der Waals surface area contributed by atoms with E-state index in [9.17, 15) is 18.0 Å². The van der Waals surface area contributed by atoms with E-state index in [0.29, 0.717) is 17.9 Å². The van der Waals surface area contributed by atoms with Crippen molar-refractivity contribution in [3.8, 4) is 11.5 Å². The first-order chi connectivity index (χ1) is 18.2. The number of carbonyl (C=O) groups is 1. The Morgan fingerprint density at radius 2 is 1.95 bits per heavy atom. The lowest BCUT2D eigenvalue weighted by Crippen LogP contribution is -2.47. The summed E-state index contributed by atoms with van der Waals surface area (Å²) in [6.07, 6.45) is 0.699. The van der Waals surface area contributed by atoms with Gasteiger partial charge < -0.3 is 19.5 Å². The van der Waals surface area contributed by atoms with Crippen molar-refractivity contribution in [2.75, 3.05) is 32.1 Å². The third-order valence-electron chi connectivity index (χ3n) is 6.11. The SMILES string of the molecule is Cc1ccc(OCCN(C)C(Cn2cc(NC(=O)[C@H]3C[C@H](Oc4ccncc4)CO3)cn2)C(F)(F)F)cc1. The summed E-state index contributed by atoms with van der Waals surface area (Å²) in [4.78, 5) is 17.7. The number of halogens is 3. The van der Waals surface area contributed by atoms with Crippen molar-refractivity contribution >= 4 is 11.6 Å². The van der Waals surface area contributed by atoms with Crippen molar-refractivity contribution in [1.82, 2.24) is 19.7 Å². The number of aromatic nitrogens is 3. The molecule has 1 aromatic carbocycles. The highest BCUT2D eigenvalue weighted by Gasteiger charge is 2.42. The van der Waals surface area contributed by atoms with Crippen LogP contribution >= 0.6 is 0 Å². The highest BCUT2D eigenvalue weighted by atomic mass is 19.4. The Kier molecular flexibility index (Phi) is 8.85. The number of hydrogen-bond donors (Lipinski definition) is 1. The van der Waals surface area contributed by atoms with Crippen LogP contribution in [0.3, 0.4) is 0 Å². The second-order valence-corrected chi connectivity index (χ2v) is 9.12. The minimum absolute atomic E-state index is 0.0602. The number of aryl methyl sites for hydroxylation is 1. The van der Waals surface area contributed by atoms with Crippen LogP contribution in [0.25, 0.3) is 0 Å². The lowest BCUT2D eigenvalue weighted by molar-refractivity contribution is -0.185. The number of anilines is 1. The van der Waals surface area contributed by atoms with Crippen LogP contribution in [-0.2, 0) is 16.1 Å². The molecule has 9 nitrogen and oxygen atoms in total. The topological polar surface area (TPSA) is 90.7 Å². The number of likely N-dealkylation sites (N-methyl/N-ethyl adjacent to an activating group) is 1. The number of nitrogens with zero attached hydrogens (tertiary/aromatic N) is 4. The van der Waals surface area contributed by atoms with E-state index in [1.165, 1.54) is 24.3 Å². The van der Waals surface area contributed by atoms with Crippen molar-refractivity contribution in [3.63, 3.8) is 0 Å². The summed E-state index contributed by atoms with van der Waals surface area (Å²) in [5.41, 5.74) is 1.35. The minimum Gasteiger partial charge on any atom is -0.492 e. The van der Waals surface area contributed by atoms with E-state index in [1.807, 2.05) is 19.1 Å². The zero-order valence-electron chi connectivity index (χ0n) is 21.1. The van der Waals surface area contributed by atoms with Gasteiger partial charge in [-0.3, -0.25) is 19.4 Å². The van der Waals surface area contributed by atoms with Crippen molar-refractivity contribution < 1.29 is 32.2 Å². The van der Waals surface area contributed by atoms with Gasteiger partial charge in [-0.1, -0.05) is 17.7 Å². The van der Waals surface area contributed by atoms with E-state index in [-0.39, 0.29) is 31.5 Å². The average Bonchev–Trinajstić information content (AvgIpc) is 3.53. The molecule has 0 bridgehead atoms. The molecule has 1 amide bonds. The second-order valence-electron chi connectivity index (χ2n) is 9.12. The number of benzene rings is 1. The Morgan fingerprint density at radius 3 is 2.66 bits per heavy atom. The maximum atomic E-state index is 13.8. The summed E-state index contributed by atoms with van der Waals surface area (Å²) < 4.78 is 59.6. The normalized spacial score (nSPS) is 18.4. The summed E-state index contributed by atoms with van der Waals surface area (Å²) in [6, 6.07) is 8.94. The Morgan fingerprint density at radius 1 is 1.21 bits per heavy atom. The number of amides is 1. The quantitative estimate of drug-likeness (QED) is 0.402. The number of ether oxygens (including phenoxy) is 3. The Hall–Kier alpha value is -3.64. The second kappa shape index (κ2) is 12.3. The molecule has 2 aromatic heterocycles. The number of rotatable bonds is 11. The fourth-order valence-corrected chi connectivity index (χ4v) is 3.99. The first-order valence-electron chi connectivity index (χ1n) is 12.2. The molecule has 3 heterocycles. The maximum Gasteiger partial charge on any atom is 0.405 e. The predicted molar refractivity (Wildman–Crippen MR) is 133 cm³/mol. The molecule has 0 aliphatic carbocycles. The lowest BCUT2D eigenvalue weighted by Gasteiger charge is -2.29. The zero-order valence-corrected chi connectivity index (χ0v) is 21.1. The number of nitrogens with one attached hydrogen (secondary N) is 1. The molecule has 1 saturated heterocycles. The monoisotopic (exact) mass is 533 g/mol. The third-order valence-corrected chi connectivity index (χ3v) is 6.11. The fourth-order valence-electron chi connectivity index (χ4n) is 3.99. The molecule has 0 spiro atoms. The van der Waals surface area contributed by atoms with Crippen molar-refractivity contribution in [3.05, 3.63) is 66.7 Å². The van der Waals surface area contributed by atoms with E-state index < -0.39 is 30.8 Å². The number of alkyl halides is 3. The van der Waals surface area contributed by atoms with Crippen LogP contribution in [0.2, 0.25) is 0 Å². The van der Waals surface area contributed by atoms with Gasteiger partial charge in [0.1, 0.15) is 36.4 Å². The molecular weight excluding hydrogens is 503 g/mol. The highest BCUT2D eigenvalue weighted by Crippen LogP contribution is 2.26. The average molecular weight is 534 g/mol. The molecule has 12 heteroatoms. The van der Waals surface area contributed by atoms with Gasteiger partial charge in [0.25, 0.3) is 5.91 Å². The Balaban J connectivity index is 1.27. The van der Waals surface area contributed by atoms with Crippen LogP contribution in [0.15, 0.2) is 61.2 Å². The molecule has 1 aliphatic heterocycles. The Bertz CT molecular complexity index is 1170. The highest BCUT2D eigenvalue weighted by molar-refractivity contribution is 5.94. The smallest absolute Gasteiger partial charge is 0.405 e. The van der Waals surface area contributed by atoms with E-state index in [4.69, 9.17) is 14.2 Å². The number of pyridine rings is 1. The molecule has 1 unspecified atom stereocenters. The van der Waals surface area contributed by atoms with E-state index >= 15 is 0 Å². The predicted octanol–water partition coefficient (Wildman–Crippen LogP) is 3.70. The number of hydrogen-bond acceptors (Lipinski definition) is 7. The van der Waals surface area contributed by atoms with Gasteiger partial charge in [-0.2, -0.15) is 18.3 Å². The largest absolute Gasteiger partial charge is 0.492 e. The molecule has 3 aromatic rings. The summed E-state index contributed by atoms with van der Waals surface area (Å²) in [5.74, 6) is 0.812. The van der Waals surface area contributed by atoms with Crippen molar-refractivity contribution in [2.45, 2.75) is 44.3 Å². The zero-order chi connectivity index (χ0) is 27.1. The van der Waals surface area contributed by atoms with Crippen LogP contribution in [0, 0.1) is 6.92 Å². The van der Waals surface area contributed by atoms with Crippen molar-refractivity contribution in [2.24, 2.45) is 0 Å². The molecule has 4 rings (SSSR count). The summed E-state index contributed by atoms with van der Waals surface area (Å²) in [7, 11) is 1.39. The lowest BCUT2D eigenvalue weighted by atomic mass is 10.2. The van der Waals surface area contributed by atoms with Gasteiger partial charge in [-0.05, 0) is 38.2 Å². The Labute approximate surface area is 218 Å². The van der Waals surface area contributed by atoms with Crippen LogP contribution < -0.4 is 14.8 Å². The van der Waals surface area contributed by atoms with Crippen LogP contribution in [0.4, 0.5) is 18.9 Å². The minimum atomic E-state index is -4.49. The van der Waals surface area contributed by atoms with Gasteiger partial charge in [-0.15, -0.1) is 0 Å². The molecule has 0 radical (unpaired) electrons. The van der Waals surface area contributed by atoms with Gasteiger partial charge >= 0.3 is 6.18 Å². The first kappa shape index (κ1) is 27.4. The van der Waals surface area contributed by atoms with E-state index in [1.54, 1.807) is 36.7 Å². The van der Waals surface area contributed by atoms with E-state index in [0.717, 1.165) is 10.2 Å². The maximum absolute atomic E-state index is 13.8. The summed E-state index contributed by atoms with van der Waals surface area (Å²) in [6.45, 7) is 1.90. The van der Waals surface area contributed by atoms with Crippen LogP contribution in [0.1, 0.15) is 12.0 Å². The first-order valence-corrected chi connectivity index (χ1v) is 12.2. The van der Waals surface area contributed by atoms with Gasteiger partial charge in [0.15, 0.2) is 0 Å². The van der Waals surface area contributed by atoms with Gasteiger partial charge in [0.05, 0.1) is 25.0 Å². The standard InChI is InChI=1S/C26H30F3N5O4/c1-18-3-5-20(6-4-18)36-12-11-33(2)24(26(27,28)29)16-34-15-19(14-31-34)32-25(35)23-13-22(17-37-23)38-21-7-9-30-10-8-21/h3-10,14-15,22-24H,11-13,16-17H2,1-2H3,(H,32,35)/t22-,23+,24?/m0/s1. The molecule has 3 atom stereocenters. The summed E-state index contributed by atoms with van der Waals surface area (Å²) >= 11 is 0. The van der Waals surface area contributed by atoms with Gasteiger partial charge in [-0.25, -0.2) is 0 Å². The van der Waals surface area contributed by atoms with Gasteiger partial charge in [0.2, 0.25) is 0 Å². The van der Waals surface area contributed by atoms with Crippen LogP contribution in [-0.4, -0.2) is 76.8 Å². The fraction of sp³-hybridized carbons (Fsp3) is 0.423. The molecule has 1 fully saturated rings. The van der Waals surface area contributed by atoms with Crippen LogP contribution in [0.5, 0.6) is 11.5 Å². The molecule has 38 heavy (non-hydrogen) atoms. The number of carbonyl (C=O) groups excluding carboxylic acids is 1. The molecule has 1 N–H and O–H groups in total. The molecule has 1 aliphatic rings. The summed E-state index contributed by atoms with van der Waals surface area (Å²) in [5, 5.41) is 6.67.